The summed E-state index contributed by atoms with van der Waals surface area (Å²) in [5.41, 5.74) is 1.47. The van der Waals surface area contributed by atoms with Crippen LogP contribution in [0, 0.1) is 0 Å². The van der Waals surface area contributed by atoms with Gasteiger partial charge in [0.2, 0.25) is 0 Å². The first-order chi connectivity index (χ1) is 11.3. The number of halogens is 1. The van der Waals surface area contributed by atoms with Crippen molar-refractivity contribution >= 4 is 15.6 Å². The van der Waals surface area contributed by atoms with E-state index in [4.69, 9.17) is 11.6 Å². The van der Waals surface area contributed by atoms with Gasteiger partial charge in [-0.2, -0.15) is 0 Å². The van der Waals surface area contributed by atoms with Gasteiger partial charge in [0.25, 0.3) is 0 Å². The van der Waals surface area contributed by atoms with E-state index in [1.54, 1.807) is 4.04 Å². The van der Waals surface area contributed by atoms with Gasteiger partial charge in [0, 0.05) is 0 Å². The van der Waals surface area contributed by atoms with Gasteiger partial charge in [-0.05, 0) is 0 Å². The van der Waals surface area contributed by atoms with Crippen LogP contribution in [-0.2, 0) is 22.0 Å². The Hall–Kier alpha value is 0.172. The van der Waals surface area contributed by atoms with E-state index < -0.39 is 15.5 Å². The van der Waals surface area contributed by atoms with Gasteiger partial charge in [-0.15, -0.1) is 0 Å². The number of aryl methyl sites for hydroxylation is 1. The summed E-state index contributed by atoms with van der Waals surface area (Å²) < 4.78 is 4.55. The molecule has 2 heteroatoms. The Bertz CT molecular complexity index is 451. The van der Waals surface area contributed by atoms with Crippen LogP contribution in [0.2, 0.25) is 8.78 Å². The molecule has 23 heavy (non-hydrogen) atoms. The molecule has 0 amide bonds. The van der Waals surface area contributed by atoms with Crippen LogP contribution in [0.4, 0.5) is 0 Å². The Balaban J connectivity index is 1.98. The summed E-state index contributed by atoms with van der Waals surface area (Å²) in [6, 6.07) is 9.75. The van der Waals surface area contributed by atoms with E-state index in [2.05, 4.69) is 31.2 Å². The minimum atomic E-state index is -1.76. The zero-order valence-electron chi connectivity index (χ0n) is 14.6. The van der Waals surface area contributed by atoms with Gasteiger partial charge in [0.05, 0.1) is 0 Å². The second-order valence-electron chi connectivity index (χ2n) is 7.06. The van der Waals surface area contributed by atoms with Gasteiger partial charge in [-0.3, -0.25) is 0 Å². The number of hydrogen-bond acceptors (Lipinski definition) is 0. The number of hydrogen-bond donors (Lipinski definition) is 0. The average Bonchev–Trinajstić information content (AvgIpc) is 2.65. The van der Waals surface area contributed by atoms with Crippen LogP contribution < -0.4 is 4.04 Å². The van der Waals surface area contributed by atoms with Crippen LogP contribution >= 0.6 is 11.6 Å². The van der Waals surface area contributed by atoms with Crippen molar-refractivity contribution in [2.24, 2.45) is 0 Å². The summed E-state index contributed by atoms with van der Waals surface area (Å²) in [6.07, 6.45) is 15.6. The number of rotatable bonds is 5. The first kappa shape index (κ1) is 18.0. The van der Waals surface area contributed by atoms with Gasteiger partial charge in [-0.25, -0.2) is 0 Å². The maximum atomic E-state index is 6.87. The van der Waals surface area contributed by atoms with E-state index >= 15 is 0 Å². The van der Waals surface area contributed by atoms with Gasteiger partial charge in [-0.1, -0.05) is 0 Å². The van der Waals surface area contributed by atoms with Crippen molar-refractivity contribution in [1.29, 1.82) is 0 Å². The van der Waals surface area contributed by atoms with Crippen molar-refractivity contribution < 1.29 is 15.5 Å². The van der Waals surface area contributed by atoms with E-state index in [0.717, 1.165) is 19.6 Å². The summed E-state index contributed by atoms with van der Waals surface area (Å²) >= 11 is 5.10. The number of alkyl halides is 1. The molecule has 0 aromatic heterocycles. The van der Waals surface area contributed by atoms with Crippen molar-refractivity contribution in [1.82, 2.24) is 0 Å². The Morgan fingerprint density at radius 2 is 1.30 bits per heavy atom. The first-order valence-corrected chi connectivity index (χ1v) is 13.7. The summed E-state index contributed by atoms with van der Waals surface area (Å²) in [4.78, 5) is 0. The third-order valence-corrected chi connectivity index (χ3v) is 16.6. The van der Waals surface area contributed by atoms with E-state index in [1.807, 2.05) is 0 Å². The van der Waals surface area contributed by atoms with E-state index in [-0.39, 0.29) is 0 Å². The van der Waals surface area contributed by atoms with Crippen molar-refractivity contribution in [3.63, 3.8) is 0 Å². The standard InChI is InChI=1S/C8H9.2C6H11.CH2Cl.Pd/c1-2-8-6-4-3-5-7-8;2*1-2-4-6-5-3-1;1-2;/h4-7H,2H2,1H3;2*1H,2-6H2;1H2;. The SMILES string of the molecule is CCc1cc[c]([Pd]([CH2]Cl)([CH]2CCCCC2)[CH]2CCCCC2)cc1. The Morgan fingerprint density at radius 1 is 0.826 bits per heavy atom. The van der Waals surface area contributed by atoms with Gasteiger partial charge >= 0.3 is 152 Å². The van der Waals surface area contributed by atoms with Crippen LogP contribution in [0.25, 0.3) is 0 Å². The molecular weight excluding hydrogens is 394 g/mol. The monoisotopic (exact) mass is 426 g/mol. The van der Waals surface area contributed by atoms with Crippen molar-refractivity contribution in [2.45, 2.75) is 86.3 Å². The molecule has 0 unspecified atom stereocenters. The molecule has 1 aromatic carbocycles. The van der Waals surface area contributed by atoms with Crippen molar-refractivity contribution in [3.8, 4) is 0 Å². The topological polar surface area (TPSA) is 0 Å². The fourth-order valence-corrected chi connectivity index (χ4v) is 15.6. The molecular formula is C21H33ClPd. The third-order valence-electron chi connectivity index (χ3n) is 5.70. The summed E-state index contributed by atoms with van der Waals surface area (Å²) in [6.45, 7) is 2.25. The molecule has 2 aliphatic carbocycles. The fourth-order valence-electron chi connectivity index (χ4n) is 4.31. The van der Waals surface area contributed by atoms with Crippen LogP contribution in [0.5, 0.6) is 0 Å². The maximum absolute atomic E-state index is 6.87. The van der Waals surface area contributed by atoms with Gasteiger partial charge in [0.15, 0.2) is 0 Å². The molecule has 3 rings (SSSR count). The summed E-state index contributed by atoms with van der Waals surface area (Å²) in [5.74, 6) is 0. The van der Waals surface area contributed by atoms with E-state index in [1.165, 1.54) is 69.8 Å². The molecule has 0 heterocycles. The molecule has 1 aromatic rings. The molecule has 2 aliphatic rings. The molecule has 0 radical (unpaired) electrons. The predicted octanol–water partition coefficient (Wildman–Crippen LogP) is 6.73. The predicted molar refractivity (Wildman–Crippen MR) is 99.8 cm³/mol. The van der Waals surface area contributed by atoms with Crippen molar-refractivity contribution in [2.75, 3.05) is 4.35 Å². The van der Waals surface area contributed by atoms with Crippen molar-refractivity contribution in [3.05, 3.63) is 29.8 Å². The molecule has 2 fully saturated rings. The molecule has 2 saturated carbocycles. The molecule has 0 bridgehead atoms. The van der Waals surface area contributed by atoms with Gasteiger partial charge < -0.3 is 0 Å². The zero-order chi connectivity index (χ0) is 16.1. The van der Waals surface area contributed by atoms with Crippen LogP contribution in [0.1, 0.15) is 76.7 Å². The van der Waals surface area contributed by atoms with E-state index in [9.17, 15) is 0 Å². The Labute approximate surface area is 151 Å². The molecule has 0 nitrogen and oxygen atoms in total. The molecule has 0 N–H and O–H groups in total. The van der Waals surface area contributed by atoms with Crippen LogP contribution in [-0.4, -0.2) is 4.35 Å². The normalized spacial score (nSPS) is 22.2. The first-order valence-electron chi connectivity index (χ1n) is 9.53. The molecule has 0 aliphatic heterocycles. The summed E-state index contributed by atoms with van der Waals surface area (Å²) in [7, 11) is 0. The third kappa shape index (κ3) is 3.73. The van der Waals surface area contributed by atoms with Gasteiger partial charge in [0.1, 0.15) is 0 Å². The molecule has 134 valence electrons. The number of benzene rings is 1. The van der Waals surface area contributed by atoms with E-state index in [0.29, 0.717) is 0 Å². The minimum absolute atomic E-state index is 0.946. The second kappa shape index (κ2) is 8.51. The second-order valence-corrected chi connectivity index (χ2v) is 15.1. The fraction of sp³-hybridized carbons (Fsp3) is 0.714. The molecule has 0 atom stereocenters. The average molecular weight is 427 g/mol. The summed E-state index contributed by atoms with van der Waals surface area (Å²) in [5, 5.41) is 0. The molecule has 0 spiro atoms. The van der Waals surface area contributed by atoms with Crippen LogP contribution in [0.3, 0.4) is 0 Å². The molecule has 0 saturated heterocycles. The zero-order valence-corrected chi connectivity index (χ0v) is 17.0. The van der Waals surface area contributed by atoms with Crippen LogP contribution in [0.15, 0.2) is 24.3 Å². The Kier molecular flexibility index (Phi) is 6.65. The quantitative estimate of drug-likeness (QED) is 0.361. The Morgan fingerprint density at radius 3 is 1.70 bits per heavy atom.